The van der Waals surface area contributed by atoms with Gasteiger partial charge in [-0.1, -0.05) is 0 Å². The summed E-state index contributed by atoms with van der Waals surface area (Å²) in [6, 6.07) is 1.98. The molecule has 2 aromatic heterocycles. The number of nitrogens with zero attached hydrogens (tertiary/aromatic N) is 3. The van der Waals surface area contributed by atoms with Crippen molar-refractivity contribution in [1.82, 2.24) is 20.3 Å². The van der Waals surface area contributed by atoms with E-state index in [1.165, 1.54) is 0 Å². The zero-order valence-electron chi connectivity index (χ0n) is 15.0. The third-order valence-corrected chi connectivity index (χ3v) is 6.51. The lowest BCUT2D eigenvalue weighted by Gasteiger charge is -2.40. The monoisotopic (exact) mass is 375 g/mol. The maximum atomic E-state index is 13.0. The normalized spacial score (nSPS) is 26.1. The second kappa shape index (κ2) is 5.87. The van der Waals surface area contributed by atoms with Crippen LogP contribution in [-0.4, -0.2) is 46.4 Å². The molecule has 1 aliphatic heterocycles. The van der Waals surface area contributed by atoms with Crippen LogP contribution in [0.1, 0.15) is 32.1 Å². The van der Waals surface area contributed by atoms with E-state index in [2.05, 4.69) is 25.2 Å². The average molecular weight is 375 g/mol. The molecule has 1 spiro atoms. The first-order chi connectivity index (χ1) is 13.0. The van der Waals surface area contributed by atoms with Crippen molar-refractivity contribution in [3.05, 3.63) is 18.6 Å². The summed E-state index contributed by atoms with van der Waals surface area (Å²) in [5, 5.41) is 3.95. The predicted molar refractivity (Wildman–Crippen MR) is 96.6 cm³/mol. The Hall–Kier alpha value is -2.25. The lowest BCUT2D eigenvalue weighted by molar-refractivity contribution is -0.131. The molecule has 8 heteroatoms. The zero-order valence-corrected chi connectivity index (χ0v) is 15.0. The Labute approximate surface area is 155 Å². The predicted octanol–water partition coefficient (Wildman–Crippen LogP) is 2.73. The molecule has 5 rings (SSSR count). The smallest absolute Gasteiger partial charge is 0.248 e. The number of H-pyrrole nitrogens is 1. The number of carbonyl (C=O) groups excluding carboxylic acids is 1. The molecular formula is C19H23F2N5O. The average Bonchev–Trinajstić information content (AvgIpc) is 3.19. The molecule has 3 aliphatic rings. The molecule has 6 nitrogen and oxygen atoms in total. The Balaban J connectivity index is 1.25. The van der Waals surface area contributed by atoms with E-state index in [1.54, 1.807) is 6.33 Å². The van der Waals surface area contributed by atoms with Crippen LogP contribution in [0.15, 0.2) is 18.6 Å². The summed E-state index contributed by atoms with van der Waals surface area (Å²) < 4.78 is 25.9. The van der Waals surface area contributed by atoms with Gasteiger partial charge in [0.05, 0.1) is 5.39 Å². The first-order valence-corrected chi connectivity index (χ1v) is 9.64. The standard InChI is InChI=1S/C19H23F2N5O/c20-19(21)7-12(8-19)9-23-17(27)14-2-6-26(10-18(14)3-4-18)16-13-1-5-22-15(13)24-11-25-16/h1,5,11-12,14H,2-4,6-10H2,(H,23,27)(H,22,24,25)/t14-/m1/s1. The second-order valence-corrected chi connectivity index (χ2v) is 8.44. The zero-order chi connectivity index (χ0) is 18.6. The molecule has 0 radical (unpaired) electrons. The molecule has 2 aliphatic carbocycles. The molecule has 1 amide bonds. The number of hydrogen-bond acceptors (Lipinski definition) is 4. The van der Waals surface area contributed by atoms with Gasteiger partial charge in [0.2, 0.25) is 11.8 Å². The molecule has 27 heavy (non-hydrogen) atoms. The molecule has 1 atom stereocenters. The van der Waals surface area contributed by atoms with Crippen molar-refractivity contribution in [2.75, 3.05) is 24.5 Å². The van der Waals surface area contributed by atoms with Crippen LogP contribution < -0.4 is 10.2 Å². The van der Waals surface area contributed by atoms with Crippen LogP contribution >= 0.6 is 0 Å². The molecule has 3 heterocycles. The molecule has 2 N–H and O–H groups in total. The Kier molecular flexibility index (Phi) is 3.67. The van der Waals surface area contributed by atoms with Crippen molar-refractivity contribution in [2.24, 2.45) is 17.3 Å². The van der Waals surface area contributed by atoms with E-state index < -0.39 is 5.92 Å². The first kappa shape index (κ1) is 16.9. The van der Waals surface area contributed by atoms with Crippen LogP contribution in [0.5, 0.6) is 0 Å². The summed E-state index contributed by atoms with van der Waals surface area (Å²) in [6.45, 7) is 1.95. The fourth-order valence-corrected chi connectivity index (χ4v) is 4.83. The number of piperidine rings is 1. The highest BCUT2D eigenvalue weighted by molar-refractivity contribution is 5.87. The van der Waals surface area contributed by atoms with Gasteiger partial charge in [-0.2, -0.15) is 0 Å². The number of anilines is 1. The number of aromatic amines is 1. The number of hydrogen-bond donors (Lipinski definition) is 2. The maximum absolute atomic E-state index is 13.0. The van der Waals surface area contributed by atoms with Gasteiger partial charge in [-0.15, -0.1) is 0 Å². The van der Waals surface area contributed by atoms with Gasteiger partial charge >= 0.3 is 0 Å². The molecule has 0 bridgehead atoms. The van der Waals surface area contributed by atoms with Crippen LogP contribution in [0.3, 0.4) is 0 Å². The highest BCUT2D eigenvalue weighted by Gasteiger charge is 2.55. The molecule has 1 saturated heterocycles. The van der Waals surface area contributed by atoms with E-state index in [0.29, 0.717) is 6.54 Å². The quantitative estimate of drug-likeness (QED) is 0.862. The second-order valence-electron chi connectivity index (χ2n) is 8.44. The van der Waals surface area contributed by atoms with Gasteiger partial charge in [-0.3, -0.25) is 4.79 Å². The van der Waals surface area contributed by atoms with Crippen molar-refractivity contribution in [2.45, 2.75) is 38.0 Å². The van der Waals surface area contributed by atoms with E-state index >= 15 is 0 Å². The summed E-state index contributed by atoms with van der Waals surface area (Å²) in [5.41, 5.74) is 0.821. The SMILES string of the molecule is O=C(NCC1CC(F)(F)C1)[C@H]1CCN(c2ncnc3[nH]ccc23)CC12CC2. The number of aromatic nitrogens is 3. The van der Waals surface area contributed by atoms with Gasteiger partial charge < -0.3 is 15.2 Å². The summed E-state index contributed by atoms with van der Waals surface area (Å²) in [5.74, 6) is -1.68. The Morgan fingerprint density at radius 2 is 2.15 bits per heavy atom. The topological polar surface area (TPSA) is 73.9 Å². The van der Waals surface area contributed by atoms with Crippen molar-refractivity contribution < 1.29 is 13.6 Å². The fourth-order valence-electron chi connectivity index (χ4n) is 4.83. The maximum Gasteiger partial charge on any atom is 0.248 e. The Bertz CT molecular complexity index is 870. The first-order valence-electron chi connectivity index (χ1n) is 9.64. The van der Waals surface area contributed by atoms with E-state index in [0.717, 1.165) is 49.2 Å². The van der Waals surface area contributed by atoms with Gasteiger partial charge in [-0.25, -0.2) is 18.7 Å². The fraction of sp³-hybridized carbons (Fsp3) is 0.632. The largest absolute Gasteiger partial charge is 0.356 e. The van der Waals surface area contributed by atoms with Crippen molar-refractivity contribution in [1.29, 1.82) is 0 Å². The lowest BCUT2D eigenvalue weighted by Crippen LogP contribution is -2.50. The lowest BCUT2D eigenvalue weighted by atomic mass is 9.80. The van der Waals surface area contributed by atoms with Crippen LogP contribution in [0.2, 0.25) is 0 Å². The summed E-state index contributed by atoms with van der Waals surface area (Å²) in [4.78, 5) is 26.8. The van der Waals surface area contributed by atoms with Crippen LogP contribution in [0.25, 0.3) is 11.0 Å². The van der Waals surface area contributed by atoms with Gasteiger partial charge in [0, 0.05) is 44.6 Å². The molecule has 144 valence electrons. The van der Waals surface area contributed by atoms with E-state index in [9.17, 15) is 13.6 Å². The van der Waals surface area contributed by atoms with Crippen molar-refractivity contribution in [3.8, 4) is 0 Å². The number of halogens is 2. The summed E-state index contributed by atoms with van der Waals surface area (Å²) in [6.07, 6.45) is 6.06. The van der Waals surface area contributed by atoms with E-state index in [4.69, 9.17) is 0 Å². The number of amides is 1. The molecule has 0 unspecified atom stereocenters. The van der Waals surface area contributed by atoms with Crippen molar-refractivity contribution in [3.63, 3.8) is 0 Å². The molecule has 0 aromatic carbocycles. The number of fused-ring (bicyclic) bond motifs is 1. The molecule has 2 aromatic rings. The summed E-state index contributed by atoms with van der Waals surface area (Å²) >= 11 is 0. The van der Waals surface area contributed by atoms with Crippen LogP contribution in [0, 0.1) is 17.3 Å². The Morgan fingerprint density at radius 3 is 2.89 bits per heavy atom. The van der Waals surface area contributed by atoms with Crippen LogP contribution in [-0.2, 0) is 4.79 Å². The van der Waals surface area contributed by atoms with Crippen molar-refractivity contribution >= 4 is 22.8 Å². The third kappa shape index (κ3) is 2.95. The Morgan fingerprint density at radius 1 is 1.33 bits per heavy atom. The summed E-state index contributed by atoms with van der Waals surface area (Å²) in [7, 11) is 0. The third-order valence-electron chi connectivity index (χ3n) is 6.51. The minimum absolute atomic E-state index is 0.000531. The van der Waals surface area contributed by atoms with E-state index in [1.807, 2.05) is 12.3 Å². The van der Waals surface area contributed by atoms with Gasteiger partial charge in [0.25, 0.3) is 0 Å². The number of rotatable bonds is 4. The molecular weight excluding hydrogens is 352 g/mol. The van der Waals surface area contributed by atoms with E-state index in [-0.39, 0.29) is 36.0 Å². The molecule has 2 saturated carbocycles. The minimum atomic E-state index is -2.53. The number of carbonyl (C=O) groups is 1. The van der Waals surface area contributed by atoms with Crippen LogP contribution in [0.4, 0.5) is 14.6 Å². The number of alkyl halides is 2. The van der Waals surface area contributed by atoms with Gasteiger partial charge in [0.1, 0.15) is 17.8 Å². The van der Waals surface area contributed by atoms with Gasteiger partial charge in [-0.05, 0) is 36.7 Å². The molecule has 3 fully saturated rings. The highest BCUT2D eigenvalue weighted by Crippen LogP contribution is 2.56. The van der Waals surface area contributed by atoms with Gasteiger partial charge in [0.15, 0.2) is 0 Å². The minimum Gasteiger partial charge on any atom is -0.356 e. The number of nitrogens with one attached hydrogen (secondary N) is 2. The highest BCUT2D eigenvalue weighted by atomic mass is 19.3.